The Morgan fingerprint density at radius 2 is 2.38 bits per heavy atom. The summed E-state index contributed by atoms with van der Waals surface area (Å²) in [6.45, 7) is 4.89. The van der Waals surface area contributed by atoms with E-state index in [4.69, 9.17) is 0 Å². The molecule has 21 heavy (non-hydrogen) atoms. The predicted molar refractivity (Wildman–Crippen MR) is 82.2 cm³/mol. The second-order valence-electron chi connectivity index (χ2n) is 5.61. The number of pyridine rings is 1. The van der Waals surface area contributed by atoms with Crippen LogP contribution in [0, 0.1) is 6.92 Å². The third-order valence-electron chi connectivity index (χ3n) is 4.12. The van der Waals surface area contributed by atoms with Gasteiger partial charge in [-0.3, -0.25) is 14.7 Å². The van der Waals surface area contributed by atoms with Crippen LogP contribution in [0.25, 0.3) is 0 Å². The van der Waals surface area contributed by atoms with Crippen molar-refractivity contribution in [3.63, 3.8) is 0 Å². The lowest BCUT2D eigenvalue weighted by Gasteiger charge is -2.22. The number of nitrogens with zero attached hydrogens (tertiary/aromatic N) is 2. The van der Waals surface area contributed by atoms with Crippen LogP contribution in [0.15, 0.2) is 18.3 Å². The average Bonchev–Trinajstić information content (AvgIpc) is 2.94. The van der Waals surface area contributed by atoms with Crippen molar-refractivity contribution in [3.05, 3.63) is 29.6 Å². The number of likely N-dealkylation sites (tertiary alicyclic amines) is 1. The van der Waals surface area contributed by atoms with Crippen LogP contribution < -0.4 is 5.32 Å². The van der Waals surface area contributed by atoms with Gasteiger partial charge < -0.3 is 10.4 Å². The van der Waals surface area contributed by atoms with E-state index >= 15 is 0 Å². The number of carbonyl (C=O) groups is 1. The molecule has 0 aromatic carbocycles. The quantitative estimate of drug-likeness (QED) is 0.744. The molecule has 1 fully saturated rings. The van der Waals surface area contributed by atoms with Crippen molar-refractivity contribution in [3.8, 4) is 0 Å². The Labute approximate surface area is 126 Å². The Kier molecular flexibility index (Phi) is 6.14. The number of aliphatic hydroxyl groups excluding tert-OH is 1. The van der Waals surface area contributed by atoms with Gasteiger partial charge in [0, 0.05) is 24.5 Å². The maximum atomic E-state index is 12.0. The summed E-state index contributed by atoms with van der Waals surface area (Å²) in [5.41, 5.74) is 1.41. The molecular formula is C16H25N3O2. The monoisotopic (exact) mass is 291 g/mol. The Morgan fingerprint density at radius 1 is 1.52 bits per heavy atom. The summed E-state index contributed by atoms with van der Waals surface area (Å²) in [4.78, 5) is 18.5. The molecule has 0 radical (unpaired) electrons. The van der Waals surface area contributed by atoms with E-state index in [-0.39, 0.29) is 12.5 Å². The molecule has 2 rings (SSSR count). The first kappa shape index (κ1) is 15.9. The topological polar surface area (TPSA) is 65.5 Å². The number of hydrogen-bond donors (Lipinski definition) is 2. The number of hydrogen-bond acceptors (Lipinski definition) is 4. The largest absolute Gasteiger partial charge is 0.395 e. The lowest BCUT2D eigenvalue weighted by atomic mass is 10.2. The van der Waals surface area contributed by atoms with Gasteiger partial charge in [0.05, 0.1) is 12.2 Å². The molecule has 1 saturated heterocycles. The number of unbranched alkanes of at least 4 members (excludes halogenated alkanes) is 1. The molecule has 1 unspecified atom stereocenters. The van der Waals surface area contributed by atoms with Gasteiger partial charge in [0.1, 0.15) is 0 Å². The van der Waals surface area contributed by atoms with Crippen LogP contribution in [0.3, 0.4) is 0 Å². The number of aromatic nitrogens is 1. The van der Waals surface area contributed by atoms with Gasteiger partial charge in [0.25, 0.3) is 5.91 Å². The van der Waals surface area contributed by atoms with Crippen molar-refractivity contribution < 1.29 is 9.90 Å². The molecular weight excluding hydrogens is 266 g/mol. The van der Waals surface area contributed by atoms with E-state index in [2.05, 4.69) is 15.2 Å². The normalized spacial score (nSPS) is 18.9. The molecule has 0 bridgehead atoms. The SMILES string of the molecule is Cc1ncccc1C(=O)NCCCCN1CCCC1CO. The highest BCUT2D eigenvalue weighted by Gasteiger charge is 2.22. The first-order chi connectivity index (χ1) is 10.2. The van der Waals surface area contributed by atoms with Crippen molar-refractivity contribution in [2.45, 2.75) is 38.6 Å². The van der Waals surface area contributed by atoms with E-state index in [1.54, 1.807) is 18.3 Å². The molecule has 0 saturated carbocycles. The van der Waals surface area contributed by atoms with Crippen LogP contribution in [0.2, 0.25) is 0 Å². The smallest absolute Gasteiger partial charge is 0.253 e. The van der Waals surface area contributed by atoms with Crippen LogP contribution in [-0.2, 0) is 0 Å². The molecule has 1 aromatic rings. The van der Waals surface area contributed by atoms with Crippen LogP contribution in [0.1, 0.15) is 41.7 Å². The Morgan fingerprint density at radius 3 is 3.14 bits per heavy atom. The zero-order chi connectivity index (χ0) is 15.1. The lowest BCUT2D eigenvalue weighted by molar-refractivity contribution is 0.0951. The van der Waals surface area contributed by atoms with E-state index < -0.39 is 0 Å². The summed E-state index contributed by atoms with van der Waals surface area (Å²) in [6, 6.07) is 3.93. The fraction of sp³-hybridized carbons (Fsp3) is 0.625. The molecule has 1 aliphatic rings. The van der Waals surface area contributed by atoms with Crippen LogP contribution in [0.5, 0.6) is 0 Å². The minimum Gasteiger partial charge on any atom is -0.395 e. The summed E-state index contributed by atoms with van der Waals surface area (Å²) in [7, 11) is 0. The Hall–Kier alpha value is -1.46. The second-order valence-corrected chi connectivity index (χ2v) is 5.61. The third kappa shape index (κ3) is 4.51. The highest BCUT2D eigenvalue weighted by molar-refractivity contribution is 5.95. The first-order valence-corrected chi connectivity index (χ1v) is 7.77. The van der Waals surface area contributed by atoms with Gasteiger partial charge in [0.15, 0.2) is 0 Å². The number of aryl methyl sites for hydroxylation is 1. The summed E-state index contributed by atoms with van der Waals surface area (Å²) >= 11 is 0. The van der Waals surface area contributed by atoms with E-state index in [9.17, 15) is 9.90 Å². The zero-order valence-electron chi connectivity index (χ0n) is 12.7. The van der Waals surface area contributed by atoms with Crippen LogP contribution in [-0.4, -0.2) is 53.2 Å². The van der Waals surface area contributed by atoms with E-state index in [1.165, 1.54) is 6.42 Å². The molecule has 2 heterocycles. The van der Waals surface area contributed by atoms with Crippen LogP contribution >= 0.6 is 0 Å². The Bertz CT molecular complexity index is 465. The highest BCUT2D eigenvalue weighted by atomic mass is 16.3. The minimum absolute atomic E-state index is 0.0463. The maximum absolute atomic E-state index is 12.0. The van der Waals surface area contributed by atoms with E-state index in [0.29, 0.717) is 18.2 Å². The number of aliphatic hydroxyl groups is 1. The fourth-order valence-corrected chi connectivity index (χ4v) is 2.86. The fourth-order valence-electron chi connectivity index (χ4n) is 2.86. The second kappa shape index (κ2) is 8.10. The van der Waals surface area contributed by atoms with E-state index in [0.717, 1.165) is 38.0 Å². The standard InChI is InChI=1S/C16H25N3O2/c1-13-15(7-4-9-17-13)16(21)18-8-2-3-10-19-11-5-6-14(19)12-20/h4,7,9,14,20H,2-3,5-6,8,10-12H2,1H3,(H,18,21). The number of amides is 1. The molecule has 2 N–H and O–H groups in total. The summed E-state index contributed by atoms with van der Waals surface area (Å²) in [6.07, 6.45) is 5.98. The molecule has 5 heteroatoms. The number of rotatable bonds is 7. The zero-order valence-corrected chi connectivity index (χ0v) is 12.7. The molecule has 1 aliphatic heterocycles. The molecule has 1 atom stereocenters. The van der Waals surface area contributed by atoms with Crippen molar-refractivity contribution in [2.24, 2.45) is 0 Å². The molecule has 1 aromatic heterocycles. The van der Waals surface area contributed by atoms with Crippen molar-refractivity contribution in [2.75, 3.05) is 26.2 Å². The summed E-state index contributed by atoms with van der Waals surface area (Å²) < 4.78 is 0. The van der Waals surface area contributed by atoms with Gasteiger partial charge in [-0.2, -0.15) is 0 Å². The van der Waals surface area contributed by atoms with Crippen LogP contribution in [0.4, 0.5) is 0 Å². The van der Waals surface area contributed by atoms with Crippen molar-refractivity contribution >= 4 is 5.91 Å². The summed E-state index contributed by atoms with van der Waals surface area (Å²) in [5, 5.41) is 12.2. The van der Waals surface area contributed by atoms with Crippen molar-refractivity contribution in [1.29, 1.82) is 0 Å². The number of carbonyl (C=O) groups excluding carboxylic acids is 1. The first-order valence-electron chi connectivity index (χ1n) is 7.77. The molecule has 0 aliphatic carbocycles. The summed E-state index contributed by atoms with van der Waals surface area (Å²) in [5.74, 6) is -0.0463. The van der Waals surface area contributed by atoms with E-state index in [1.807, 2.05) is 6.92 Å². The minimum atomic E-state index is -0.0463. The number of nitrogens with one attached hydrogen (secondary N) is 1. The highest BCUT2D eigenvalue weighted by Crippen LogP contribution is 2.16. The average molecular weight is 291 g/mol. The molecule has 5 nitrogen and oxygen atoms in total. The van der Waals surface area contributed by atoms with Gasteiger partial charge in [-0.25, -0.2) is 0 Å². The molecule has 116 valence electrons. The van der Waals surface area contributed by atoms with Gasteiger partial charge in [-0.1, -0.05) is 0 Å². The van der Waals surface area contributed by atoms with Gasteiger partial charge in [-0.05, 0) is 57.8 Å². The van der Waals surface area contributed by atoms with Gasteiger partial charge >= 0.3 is 0 Å². The maximum Gasteiger partial charge on any atom is 0.253 e. The lowest BCUT2D eigenvalue weighted by Crippen LogP contribution is -2.33. The molecule has 0 spiro atoms. The predicted octanol–water partition coefficient (Wildman–Crippen LogP) is 1.36. The van der Waals surface area contributed by atoms with Crippen molar-refractivity contribution in [1.82, 2.24) is 15.2 Å². The Balaban J connectivity index is 1.64. The van der Waals surface area contributed by atoms with Gasteiger partial charge in [-0.15, -0.1) is 0 Å². The molecule has 1 amide bonds. The van der Waals surface area contributed by atoms with Gasteiger partial charge in [0.2, 0.25) is 0 Å². The third-order valence-corrected chi connectivity index (χ3v) is 4.12.